The molecule has 0 amide bonds. The quantitative estimate of drug-likeness (QED) is 0.866. The summed E-state index contributed by atoms with van der Waals surface area (Å²) in [4.78, 5) is 0. The van der Waals surface area contributed by atoms with Gasteiger partial charge in [-0.15, -0.1) is 0 Å². The van der Waals surface area contributed by atoms with E-state index in [0.29, 0.717) is 0 Å². The van der Waals surface area contributed by atoms with Gasteiger partial charge in [0.1, 0.15) is 5.82 Å². The van der Waals surface area contributed by atoms with Crippen LogP contribution in [0.2, 0.25) is 0 Å². The molecular weight excluding hydrogens is 245 g/mol. The molecule has 0 aromatic heterocycles. The molecule has 1 fully saturated rings. The van der Waals surface area contributed by atoms with Crippen molar-refractivity contribution < 1.29 is 4.39 Å². The predicted octanol–water partition coefficient (Wildman–Crippen LogP) is 3.01. The highest BCUT2D eigenvalue weighted by Gasteiger charge is 2.32. The Morgan fingerprint density at radius 2 is 2.14 bits per heavy atom. The van der Waals surface area contributed by atoms with Crippen molar-refractivity contribution in [1.82, 2.24) is 0 Å². The molecule has 1 aliphatic rings. The van der Waals surface area contributed by atoms with Crippen molar-refractivity contribution in [2.45, 2.75) is 31.2 Å². The van der Waals surface area contributed by atoms with Gasteiger partial charge in [-0.25, -0.2) is 4.39 Å². The number of rotatable bonds is 2. The molecule has 1 aromatic rings. The molecule has 1 nitrogen and oxygen atoms in total. The van der Waals surface area contributed by atoms with Gasteiger partial charge in [-0.1, -0.05) is 22.0 Å². The molecule has 0 spiro atoms. The molecule has 0 bridgehead atoms. The van der Waals surface area contributed by atoms with Crippen LogP contribution in [0.4, 0.5) is 4.39 Å². The van der Waals surface area contributed by atoms with E-state index < -0.39 is 0 Å². The van der Waals surface area contributed by atoms with Gasteiger partial charge in [0.05, 0.1) is 0 Å². The first-order chi connectivity index (χ1) is 6.59. The number of hydrogen-bond acceptors (Lipinski definition) is 1. The fourth-order valence-electron chi connectivity index (χ4n) is 1.85. The molecule has 14 heavy (non-hydrogen) atoms. The van der Waals surface area contributed by atoms with E-state index in [-0.39, 0.29) is 11.4 Å². The highest BCUT2D eigenvalue weighted by atomic mass is 79.9. The van der Waals surface area contributed by atoms with Crippen LogP contribution in [0.15, 0.2) is 22.7 Å². The third-order valence-electron chi connectivity index (χ3n) is 2.91. The zero-order valence-electron chi connectivity index (χ0n) is 7.89. The van der Waals surface area contributed by atoms with Crippen LogP contribution < -0.4 is 5.73 Å². The Labute approximate surface area is 91.6 Å². The minimum absolute atomic E-state index is 0.0413. The molecule has 3 heteroatoms. The van der Waals surface area contributed by atoms with E-state index >= 15 is 0 Å². The molecule has 0 aliphatic heterocycles. The first-order valence-electron chi connectivity index (χ1n) is 4.82. The summed E-state index contributed by atoms with van der Waals surface area (Å²) < 4.78 is 13.6. The maximum Gasteiger partial charge on any atom is 0.124 e. The van der Waals surface area contributed by atoms with Crippen molar-refractivity contribution in [3.8, 4) is 0 Å². The van der Waals surface area contributed by atoms with Crippen LogP contribution in [0, 0.1) is 5.82 Å². The monoisotopic (exact) mass is 257 g/mol. The molecule has 0 atom stereocenters. The summed E-state index contributed by atoms with van der Waals surface area (Å²) in [5, 5.41) is 0. The van der Waals surface area contributed by atoms with Gasteiger partial charge in [0.2, 0.25) is 0 Å². The first-order valence-corrected chi connectivity index (χ1v) is 5.61. The molecule has 0 heterocycles. The highest BCUT2D eigenvalue weighted by Crippen LogP contribution is 2.34. The SMILES string of the molecule is NC1(Cc2ccc(F)cc2Br)CCC1. The summed E-state index contributed by atoms with van der Waals surface area (Å²) in [7, 11) is 0. The third-order valence-corrected chi connectivity index (χ3v) is 3.65. The molecule has 2 rings (SSSR count). The van der Waals surface area contributed by atoms with Crippen molar-refractivity contribution in [1.29, 1.82) is 0 Å². The molecule has 1 aromatic carbocycles. The maximum atomic E-state index is 12.8. The normalized spacial score (nSPS) is 19.1. The molecule has 1 saturated carbocycles. The molecule has 0 unspecified atom stereocenters. The maximum absolute atomic E-state index is 12.8. The van der Waals surface area contributed by atoms with Gasteiger partial charge in [-0.3, -0.25) is 0 Å². The van der Waals surface area contributed by atoms with E-state index in [1.54, 1.807) is 0 Å². The third kappa shape index (κ3) is 1.98. The Kier molecular flexibility index (Phi) is 2.62. The number of halogens is 2. The Balaban J connectivity index is 2.16. The minimum atomic E-state index is -0.208. The van der Waals surface area contributed by atoms with Crippen LogP contribution in [0.1, 0.15) is 24.8 Å². The molecule has 76 valence electrons. The zero-order chi connectivity index (χ0) is 10.2. The first kappa shape index (κ1) is 10.1. The lowest BCUT2D eigenvalue weighted by molar-refractivity contribution is 0.247. The fraction of sp³-hybridized carbons (Fsp3) is 0.455. The lowest BCUT2D eigenvalue weighted by Crippen LogP contribution is -2.48. The topological polar surface area (TPSA) is 26.0 Å². The molecule has 2 N–H and O–H groups in total. The smallest absolute Gasteiger partial charge is 0.124 e. The predicted molar refractivity (Wildman–Crippen MR) is 58.6 cm³/mol. The number of benzene rings is 1. The Morgan fingerprint density at radius 3 is 2.64 bits per heavy atom. The van der Waals surface area contributed by atoms with E-state index in [0.717, 1.165) is 29.3 Å². The van der Waals surface area contributed by atoms with Gasteiger partial charge >= 0.3 is 0 Å². The van der Waals surface area contributed by atoms with Gasteiger partial charge in [0.25, 0.3) is 0 Å². The van der Waals surface area contributed by atoms with E-state index in [2.05, 4.69) is 15.9 Å². The average Bonchev–Trinajstić information content (AvgIpc) is 2.07. The summed E-state index contributed by atoms with van der Waals surface area (Å²) in [6, 6.07) is 4.80. The van der Waals surface area contributed by atoms with Gasteiger partial charge in [-0.05, 0) is 43.4 Å². The standard InChI is InChI=1S/C11H13BrFN/c12-10-6-9(13)3-2-8(10)7-11(14)4-1-5-11/h2-3,6H,1,4-5,7,14H2. The lowest BCUT2D eigenvalue weighted by atomic mass is 9.74. The van der Waals surface area contributed by atoms with Crippen LogP contribution in [0.25, 0.3) is 0 Å². The summed E-state index contributed by atoms with van der Waals surface area (Å²) in [6.07, 6.45) is 4.22. The van der Waals surface area contributed by atoms with Crippen molar-refractivity contribution in [3.63, 3.8) is 0 Å². The van der Waals surface area contributed by atoms with Crippen LogP contribution in [0.5, 0.6) is 0 Å². The molecule has 0 radical (unpaired) electrons. The Hall–Kier alpha value is -0.410. The van der Waals surface area contributed by atoms with Crippen LogP contribution in [-0.2, 0) is 6.42 Å². The van der Waals surface area contributed by atoms with Gasteiger partial charge in [0, 0.05) is 10.0 Å². The Morgan fingerprint density at radius 1 is 1.43 bits per heavy atom. The summed E-state index contributed by atoms with van der Waals surface area (Å²) in [6.45, 7) is 0. The van der Waals surface area contributed by atoms with E-state index in [1.807, 2.05) is 6.07 Å². The Bertz CT molecular complexity index is 347. The van der Waals surface area contributed by atoms with Crippen LogP contribution in [0.3, 0.4) is 0 Å². The van der Waals surface area contributed by atoms with Gasteiger partial charge in [-0.2, -0.15) is 0 Å². The summed E-state index contributed by atoms with van der Waals surface area (Å²) in [5.74, 6) is -0.208. The highest BCUT2D eigenvalue weighted by molar-refractivity contribution is 9.10. The molecule has 0 saturated heterocycles. The molecule has 1 aliphatic carbocycles. The molecular formula is C11H13BrFN. The minimum Gasteiger partial charge on any atom is -0.325 e. The second kappa shape index (κ2) is 3.63. The van der Waals surface area contributed by atoms with E-state index in [4.69, 9.17) is 5.73 Å². The zero-order valence-corrected chi connectivity index (χ0v) is 9.48. The van der Waals surface area contributed by atoms with Crippen molar-refractivity contribution in [2.75, 3.05) is 0 Å². The van der Waals surface area contributed by atoms with Crippen molar-refractivity contribution in [2.24, 2.45) is 5.73 Å². The van der Waals surface area contributed by atoms with E-state index in [1.165, 1.54) is 18.6 Å². The van der Waals surface area contributed by atoms with Gasteiger partial charge < -0.3 is 5.73 Å². The second-order valence-electron chi connectivity index (χ2n) is 4.13. The van der Waals surface area contributed by atoms with E-state index in [9.17, 15) is 4.39 Å². The summed E-state index contributed by atoms with van der Waals surface area (Å²) in [5.41, 5.74) is 7.19. The lowest BCUT2D eigenvalue weighted by Gasteiger charge is -2.38. The van der Waals surface area contributed by atoms with Crippen LogP contribution >= 0.6 is 15.9 Å². The summed E-state index contributed by atoms with van der Waals surface area (Å²) >= 11 is 3.36. The average molecular weight is 258 g/mol. The van der Waals surface area contributed by atoms with Crippen molar-refractivity contribution in [3.05, 3.63) is 34.1 Å². The van der Waals surface area contributed by atoms with Crippen LogP contribution in [-0.4, -0.2) is 5.54 Å². The van der Waals surface area contributed by atoms with Gasteiger partial charge in [0.15, 0.2) is 0 Å². The number of nitrogens with two attached hydrogens (primary N) is 1. The second-order valence-corrected chi connectivity index (χ2v) is 4.98. The number of hydrogen-bond donors (Lipinski definition) is 1. The van der Waals surface area contributed by atoms with Crippen molar-refractivity contribution >= 4 is 15.9 Å². The largest absolute Gasteiger partial charge is 0.325 e. The fourth-order valence-corrected chi connectivity index (χ4v) is 2.34.